The third kappa shape index (κ3) is 7.17. The van der Waals surface area contributed by atoms with Crippen LogP contribution in [0.25, 0.3) is 5.57 Å². The predicted octanol–water partition coefficient (Wildman–Crippen LogP) is 3.37. The van der Waals surface area contributed by atoms with Gasteiger partial charge in [-0.1, -0.05) is 24.3 Å². The number of ether oxygens (including phenoxy) is 4. The maximum atomic E-state index is 12.1. The van der Waals surface area contributed by atoms with Gasteiger partial charge in [0, 0.05) is 13.5 Å². The Kier molecular flexibility index (Phi) is 7.91. The molecule has 0 aliphatic carbocycles. The van der Waals surface area contributed by atoms with Crippen LogP contribution in [0.1, 0.15) is 31.9 Å². The molecule has 1 aliphatic heterocycles. The molecular formula is C25H26N2O8. The van der Waals surface area contributed by atoms with Crippen LogP contribution in [0.2, 0.25) is 0 Å². The van der Waals surface area contributed by atoms with Crippen LogP contribution in [-0.4, -0.2) is 49.1 Å². The van der Waals surface area contributed by atoms with Gasteiger partial charge in [0.1, 0.15) is 23.0 Å². The summed E-state index contributed by atoms with van der Waals surface area (Å²) in [4.78, 5) is 46.4. The average Bonchev–Trinajstić information content (AvgIpc) is 3.11. The molecule has 2 N–H and O–H groups in total. The molecule has 3 amide bonds. The van der Waals surface area contributed by atoms with Gasteiger partial charge in [-0.15, -0.1) is 0 Å². The quantitative estimate of drug-likeness (QED) is 0.433. The molecule has 0 spiro atoms. The van der Waals surface area contributed by atoms with Crippen LogP contribution in [0.4, 0.5) is 9.59 Å². The highest BCUT2D eigenvalue weighted by atomic mass is 16.6. The Labute approximate surface area is 202 Å². The van der Waals surface area contributed by atoms with Crippen LogP contribution in [-0.2, 0) is 30.2 Å². The van der Waals surface area contributed by atoms with Crippen molar-refractivity contribution in [3.63, 3.8) is 0 Å². The SMILES string of the molecule is COC(NC(=O)OC(C)(C)C)C(=C=O)c1ccc(Oc2ccc(CC3OC(=O)NC3=O)cc2)cc1. The van der Waals surface area contributed by atoms with Crippen molar-refractivity contribution < 1.29 is 38.1 Å². The van der Waals surface area contributed by atoms with E-state index in [0.29, 0.717) is 17.1 Å². The van der Waals surface area contributed by atoms with Gasteiger partial charge in [0.05, 0.1) is 5.57 Å². The Hall–Kier alpha value is -4.14. The Morgan fingerprint density at radius 3 is 2.17 bits per heavy atom. The van der Waals surface area contributed by atoms with E-state index in [1.54, 1.807) is 69.3 Å². The van der Waals surface area contributed by atoms with Gasteiger partial charge in [-0.25, -0.2) is 14.4 Å². The molecular weight excluding hydrogens is 456 g/mol. The van der Waals surface area contributed by atoms with Gasteiger partial charge in [-0.2, -0.15) is 0 Å². The molecule has 3 rings (SSSR count). The van der Waals surface area contributed by atoms with E-state index in [2.05, 4.69) is 10.6 Å². The van der Waals surface area contributed by atoms with Gasteiger partial charge in [0.2, 0.25) is 0 Å². The molecule has 2 atom stereocenters. The first-order valence-electron chi connectivity index (χ1n) is 10.7. The van der Waals surface area contributed by atoms with Crippen molar-refractivity contribution in [2.45, 2.75) is 45.1 Å². The summed E-state index contributed by atoms with van der Waals surface area (Å²) in [5, 5.41) is 4.59. The first-order valence-corrected chi connectivity index (χ1v) is 10.7. The molecule has 184 valence electrons. The molecule has 10 heteroatoms. The predicted molar refractivity (Wildman–Crippen MR) is 124 cm³/mol. The Morgan fingerprint density at radius 2 is 1.69 bits per heavy atom. The second-order valence-electron chi connectivity index (χ2n) is 8.64. The van der Waals surface area contributed by atoms with Gasteiger partial charge in [0.15, 0.2) is 12.3 Å². The fraction of sp³-hybridized carbons (Fsp3) is 0.320. The van der Waals surface area contributed by atoms with Gasteiger partial charge in [0.25, 0.3) is 5.91 Å². The lowest BCUT2D eigenvalue weighted by Gasteiger charge is -2.23. The lowest BCUT2D eigenvalue weighted by Crippen LogP contribution is -2.40. The first kappa shape index (κ1) is 25.5. The van der Waals surface area contributed by atoms with E-state index >= 15 is 0 Å². The molecule has 35 heavy (non-hydrogen) atoms. The van der Waals surface area contributed by atoms with Crippen molar-refractivity contribution in [1.29, 1.82) is 0 Å². The van der Waals surface area contributed by atoms with Crippen LogP contribution >= 0.6 is 0 Å². The van der Waals surface area contributed by atoms with Crippen molar-refractivity contribution in [3.05, 3.63) is 59.7 Å². The zero-order valence-electron chi connectivity index (χ0n) is 19.7. The van der Waals surface area contributed by atoms with Gasteiger partial charge < -0.3 is 18.9 Å². The highest BCUT2D eigenvalue weighted by Crippen LogP contribution is 2.25. The second-order valence-corrected chi connectivity index (χ2v) is 8.64. The molecule has 0 aromatic heterocycles. The van der Waals surface area contributed by atoms with E-state index < -0.39 is 36.0 Å². The zero-order valence-corrected chi connectivity index (χ0v) is 19.7. The van der Waals surface area contributed by atoms with E-state index in [4.69, 9.17) is 18.9 Å². The number of hydrogen-bond donors (Lipinski definition) is 2. The van der Waals surface area contributed by atoms with Crippen molar-refractivity contribution in [2.75, 3.05) is 7.11 Å². The van der Waals surface area contributed by atoms with E-state index in [-0.39, 0.29) is 12.0 Å². The van der Waals surface area contributed by atoms with E-state index in [1.165, 1.54) is 7.11 Å². The van der Waals surface area contributed by atoms with Crippen molar-refractivity contribution in [3.8, 4) is 11.5 Å². The molecule has 10 nitrogen and oxygen atoms in total. The summed E-state index contributed by atoms with van der Waals surface area (Å²) in [5.41, 5.74) is 0.662. The lowest BCUT2D eigenvalue weighted by molar-refractivity contribution is -0.123. The summed E-state index contributed by atoms with van der Waals surface area (Å²) in [5.74, 6) is 2.41. The molecule has 2 unspecified atom stereocenters. The zero-order chi connectivity index (χ0) is 25.6. The van der Waals surface area contributed by atoms with Crippen molar-refractivity contribution in [1.82, 2.24) is 10.6 Å². The standard InChI is InChI=1S/C25H26N2O8/c1-25(2,3)35-24(31)27-22(32-4)19(14-28)16-7-11-18(12-8-16)33-17-9-5-15(6-10-17)13-20-21(29)26-23(30)34-20/h5-12,20,22H,13H2,1-4H3,(H,27,31)(H,26,29,30). The number of hydrogen-bond acceptors (Lipinski definition) is 8. The normalized spacial score (nSPS) is 15.9. The minimum atomic E-state index is -1.05. The fourth-order valence-electron chi connectivity index (χ4n) is 3.20. The number of cyclic esters (lactones) is 1. The van der Waals surface area contributed by atoms with E-state index in [0.717, 1.165) is 5.56 Å². The lowest BCUT2D eigenvalue weighted by atomic mass is 10.1. The number of alkyl carbamates (subject to hydrolysis) is 2. The molecule has 2 aromatic carbocycles. The average molecular weight is 482 g/mol. The first-order chi connectivity index (χ1) is 16.6. The number of carbonyl (C=O) groups is 3. The van der Waals surface area contributed by atoms with E-state index in [9.17, 15) is 19.2 Å². The maximum absolute atomic E-state index is 12.1. The summed E-state index contributed by atoms with van der Waals surface area (Å²) in [7, 11) is 1.35. The van der Waals surface area contributed by atoms with Crippen LogP contribution < -0.4 is 15.4 Å². The van der Waals surface area contributed by atoms with Crippen LogP contribution in [0.15, 0.2) is 48.5 Å². The molecule has 0 radical (unpaired) electrons. The highest BCUT2D eigenvalue weighted by Gasteiger charge is 2.32. The number of nitrogens with one attached hydrogen (secondary N) is 2. The summed E-state index contributed by atoms with van der Waals surface area (Å²) in [6, 6.07) is 13.6. The maximum Gasteiger partial charge on any atom is 0.414 e. The minimum Gasteiger partial charge on any atom is -0.457 e. The number of benzene rings is 2. The number of rotatable bonds is 8. The summed E-state index contributed by atoms with van der Waals surface area (Å²) < 4.78 is 21.2. The summed E-state index contributed by atoms with van der Waals surface area (Å²) >= 11 is 0. The molecule has 2 aromatic rings. The Morgan fingerprint density at radius 1 is 1.09 bits per heavy atom. The third-order valence-corrected chi connectivity index (χ3v) is 4.77. The molecule has 1 saturated heterocycles. The highest BCUT2D eigenvalue weighted by molar-refractivity contribution is 6.00. The minimum absolute atomic E-state index is 0.0888. The van der Waals surface area contributed by atoms with Gasteiger partial charge in [-0.3, -0.25) is 15.4 Å². The van der Waals surface area contributed by atoms with E-state index in [1.807, 2.05) is 5.94 Å². The molecule has 0 bridgehead atoms. The number of carbonyl (C=O) groups excluding carboxylic acids is 4. The van der Waals surface area contributed by atoms with Crippen LogP contribution in [0.3, 0.4) is 0 Å². The van der Waals surface area contributed by atoms with Crippen LogP contribution in [0.5, 0.6) is 11.5 Å². The summed E-state index contributed by atoms with van der Waals surface area (Å²) in [6.45, 7) is 5.17. The molecule has 1 fully saturated rings. The number of methoxy groups -OCH3 is 1. The van der Waals surface area contributed by atoms with Crippen LogP contribution in [0, 0.1) is 0 Å². The molecule has 1 heterocycles. The van der Waals surface area contributed by atoms with Gasteiger partial charge >= 0.3 is 12.2 Å². The van der Waals surface area contributed by atoms with Crippen molar-refractivity contribution >= 4 is 29.6 Å². The molecule has 0 saturated carbocycles. The Balaban J connectivity index is 1.62. The monoisotopic (exact) mass is 482 g/mol. The Bertz CT molecular complexity index is 1130. The second kappa shape index (κ2) is 10.9. The largest absolute Gasteiger partial charge is 0.457 e. The smallest absolute Gasteiger partial charge is 0.414 e. The topological polar surface area (TPSA) is 129 Å². The fourth-order valence-corrected chi connectivity index (χ4v) is 3.20. The van der Waals surface area contributed by atoms with Gasteiger partial charge in [-0.05, 0) is 56.2 Å². The summed E-state index contributed by atoms with van der Waals surface area (Å²) in [6.07, 6.45) is -3.11. The number of amides is 3. The third-order valence-electron chi connectivity index (χ3n) is 4.77. The van der Waals surface area contributed by atoms with Crippen molar-refractivity contribution in [2.24, 2.45) is 0 Å². The number of imide groups is 1. The molecule has 1 aliphatic rings.